The summed E-state index contributed by atoms with van der Waals surface area (Å²) in [5.74, 6) is 0.800. The Morgan fingerprint density at radius 2 is 2.08 bits per heavy atom. The number of nitrogens with zero attached hydrogens (tertiary/aromatic N) is 3. The first kappa shape index (κ1) is 16.6. The Kier molecular flexibility index (Phi) is 5.18. The van der Waals surface area contributed by atoms with Crippen molar-refractivity contribution in [3.8, 4) is 11.4 Å². The number of likely N-dealkylation sites (tertiary alicyclic amines) is 1. The van der Waals surface area contributed by atoms with Crippen molar-refractivity contribution in [3.63, 3.8) is 0 Å². The number of hydrogen-bond donors (Lipinski definition) is 0. The van der Waals surface area contributed by atoms with E-state index in [1.54, 1.807) is 18.3 Å². The number of aromatic nitrogens is 2. The second-order valence-electron chi connectivity index (χ2n) is 6.24. The molecule has 126 valence electrons. The molecule has 24 heavy (non-hydrogen) atoms. The van der Waals surface area contributed by atoms with E-state index >= 15 is 0 Å². The van der Waals surface area contributed by atoms with E-state index in [0.29, 0.717) is 12.2 Å². The van der Waals surface area contributed by atoms with Crippen LogP contribution in [0.15, 0.2) is 36.5 Å². The predicted molar refractivity (Wildman–Crippen MR) is 90.9 cm³/mol. The summed E-state index contributed by atoms with van der Waals surface area (Å²) in [6, 6.07) is 8.12. The van der Waals surface area contributed by atoms with Crippen molar-refractivity contribution in [2.45, 2.75) is 38.5 Å². The zero-order valence-electron chi connectivity index (χ0n) is 13.9. The van der Waals surface area contributed by atoms with Crippen LogP contribution in [-0.2, 0) is 4.79 Å². The van der Waals surface area contributed by atoms with E-state index in [1.165, 1.54) is 12.1 Å². The van der Waals surface area contributed by atoms with Crippen molar-refractivity contribution in [3.05, 3.63) is 48.0 Å². The lowest BCUT2D eigenvalue weighted by molar-refractivity contribution is -0.132. The predicted octanol–water partition coefficient (Wildman–Crippen LogP) is 3.79. The fraction of sp³-hybridized carbons (Fsp3) is 0.421. The van der Waals surface area contributed by atoms with Crippen LogP contribution < -0.4 is 0 Å². The molecule has 4 nitrogen and oxygen atoms in total. The number of halogens is 1. The van der Waals surface area contributed by atoms with Crippen molar-refractivity contribution in [2.24, 2.45) is 0 Å². The third-order valence-electron chi connectivity index (χ3n) is 4.44. The van der Waals surface area contributed by atoms with Crippen LogP contribution in [0.3, 0.4) is 0 Å². The van der Waals surface area contributed by atoms with Gasteiger partial charge in [0, 0.05) is 42.9 Å². The minimum absolute atomic E-state index is 0.231. The van der Waals surface area contributed by atoms with E-state index in [0.717, 1.165) is 43.6 Å². The van der Waals surface area contributed by atoms with Gasteiger partial charge in [-0.2, -0.15) is 0 Å². The van der Waals surface area contributed by atoms with Crippen LogP contribution in [0.1, 0.15) is 44.2 Å². The average molecular weight is 327 g/mol. The Morgan fingerprint density at radius 3 is 2.83 bits per heavy atom. The zero-order valence-corrected chi connectivity index (χ0v) is 13.9. The lowest BCUT2D eigenvalue weighted by Gasteiger charge is -2.32. The molecule has 1 fully saturated rings. The summed E-state index contributed by atoms with van der Waals surface area (Å²) in [4.78, 5) is 23.1. The second kappa shape index (κ2) is 7.51. The second-order valence-corrected chi connectivity index (χ2v) is 6.24. The number of benzene rings is 1. The fourth-order valence-corrected chi connectivity index (χ4v) is 3.16. The highest BCUT2D eigenvalue weighted by Gasteiger charge is 2.25. The topological polar surface area (TPSA) is 46.1 Å². The SMILES string of the molecule is CCCC(=O)N1CCCC(c2ccnc(-c3ccc(F)cc3)n2)C1. The summed E-state index contributed by atoms with van der Waals surface area (Å²) < 4.78 is 13.1. The Labute approximate surface area is 141 Å². The van der Waals surface area contributed by atoms with Crippen LogP contribution in [0.5, 0.6) is 0 Å². The van der Waals surface area contributed by atoms with Gasteiger partial charge in [0.2, 0.25) is 5.91 Å². The van der Waals surface area contributed by atoms with Gasteiger partial charge < -0.3 is 4.90 Å². The third-order valence-corrected chi connectivity index (χ3v) is 4.44. The molecule has 0 saturated carbocycles. The van der Waals surface area contributed by atoms with E-state index in [-0.39, 0.29) is 17.6 Å². The number of amides is 1. The Morgan fingerprint density at radius 1 is 1.29 bits per heavy atom. The normalized spacial score (nSPS) is 17.8. The molecule has 0 radical (unpaired) electrons. The molecule has 1 amide bonds. The van der Waals surface area contributed by atoms with E-state index in [4.69, 9.17) is 0 Å². The van der Waals surface area contributed by atoms with Gasteiger partial charge in [-0.15, -0.1) is 0 Å². The van der Waals surface area contributed by atoms with Gasteiger partial charge >= 0.3 is 0 Å². The van der Waals surface area contributed by atoms with Gasteiger partial charge in [-0.05, 0) is 49.6 Å². The maximum absolute atomic E-state index is 13.1. The van der Waals surface area contributed by atoms with Crippen LogP contribution in [0, 0.1) is 5.82 Å². The molecular formula is C19H22FN3O. The highest BCUT2D eigenvalue weighted by molar-refractivity contribution is 5.76. The van der Waals surface area contributed by atoms with E-state index < -0.39 is 0 Å². The molecule has 0 N–H and O–H groups in total. The van der Waals surface area contributed by atoms with Crippen LogP contribution in [0.25, 0.3) is 11.4 Å². The molecule has 5 heteroatoms. The first-order valence-electron chi connectivity index (χ1n) is 8.54. The van der Waals surface area contributed by atoms with Gasteiger partial charge in [0.1, 0.15) is 5.82 Å². The zero-order chi connectivity index (χ0) is 16.9. The highest BCUT2D eigenvalue weighted by Crippen LogP contribution is 2.27. The summed E-state index contributed by atoms with van der Waals surface area (Å²) in [6.45, 7) is 3.59. The molecule has 1 aromatic carbocycles. The summed E-state index contributed by atoms with van der Waals surface area (Å²) in [5.41, 5.74) is 1.76. The summed E-state index contributed by atoms with van der Waals surface area (Å²) in [5, 5.41) is 0. The van der Waals surface area contributed by atoms with Crippen LogP contribution in [0.4, 0.5) is 4.39 Å². The molecule has 3 rings (SSSR count). The lowest BCUT2D eigenvalue weighted by Crippen LogP contribution is -2.39. The molecule has 1 aliphatic rings. The summed E-state index contributed by atoms with van der Waals surface area (Å²) >= 11 is 0. The Bertz CT molecular complexity index is 702. The van der Waals surface area contributed by atoms with Gasteiger partial charge in [0.05, 0.1) is 0 Å². The monoisotopic (exact) mass is 327 g/mol. The summed E-state index contributed by atoms with van der Waals surface area (Å²) in [6.07, 6.45) is 5.25. The van der Waals surface area contributed by atoms with Gasteiger partial charge in [-0.3, -0.25) is 4.79 Å². The van der Waals surface area contributed by atoms with Crippen LogP contribution in [0.2, 0.25) is 0 Å². The molecular weight excluding hydrogens is 305 g/mol. The standard InChI is InChI=1S/C19H22FN3O/c1-2-4-18(24)23-12-3-5-15(13-23)17-10-11-21-19(22-17)14-6-8-16(20)9-7-14/h6-11,15H,2-5,12-13H2,1H3. The molecule has 1 aromatic heterocycles. The van der Waals surface area contributed by atoms with Gasteiger partial charge in [0.25, 0.3) is 0 Å². The average Bonchev–Trinajstić information content (AvgIpc) is 2.63. The minimum Gasteiger partial charge on any atom is -0.342 e. The van der Waals surface area contributed by atoms with Gasteiger partial charge in [-0.25, -0.2) is 14.4 Å². The van der Waals surface area contributed by atoms with Crippen molar-refractivity contribution >= 4 is 5.91 Å². The Balaban J connectivity index is 1.78. The first-order chi connectivity index (χ1) is 11.7. The molecule has 1 unspecified atom stereocenters. The van der Waals surface area contributed by atoms with E-state index in [9.17, 15) is 9.18 Å². The number of piperidine rings is 1. The van der Waals surface area contributed by atoms with E-state index in [1.807, 2.05) is 17.9 Å². The third kappa shape index (κ3) is 3.78. The smallest absolute Gasteiger partial charge is 0.222 e. The molecule has 2 heterocycles. The minimum atomic E-state index is -0.271. The molecule has 1 saturated heterocycles. The van der Waals surface area contributed by atoms with Gasteiger partial charge in [0.15, 0.2) is 5.82 Å². The number of carbonyl (C=O) groups is 1. The maximum Gasteiger partial charge on any atom is 0.222 e. The number of hydrogen-bond acceptors (Lipinski definition) is 3. The number of rotatable bonds is 4. The van der Waals surface area contributed by atoms with E-state index in [2.05, 4.69) is 9.97 Å². The van der Waals surface area contributed by atoms with Crippen molar-refractivity contribution in [2.75, 3.05) is 13.1 Å². The van der Waals surface area contributed by atoms with Crippen LogP contribution >= 0.6 is 0 Å². The summed E-state index contributed by atoms with van der Waals surface area (Å²) in [7, 11) is 0. The molecule has 1 atom stereocenters. The van der Waals surface area contributed by atoms with Crippen LogP contribution in [-0.4, -0.2) is 33.9 Å². The first-order valence-corrected chi connectivity index (χ1v) is 8.54. The van der Waals surface area contributed by atoms with Crippen molar-refractivity contribution in [1.29, 1.82) is 0 Å². The van der Waals surface area contributed by atoms with Crippen molar-refractivity contribution < 1.29 is 9.18 Å². The van der Waals surface area contributed by atoms with Crippen molar-refractivity contribution in [1.82, 2.24) is 14.9 Å². The quantitative estimate of drug-likeness (QED) is 0.858. The molecule has 0 bridgehead atoms. The highest BCUT2D eigenvalue weighted by atomic mass is 19.1. The maximum atomic E-state index is 13.1. The largest absolute Gasteiger partial charge is 0.342 e. The van der Waals surface area contributed by atoms with Gasteiger partial charge in [-0.1, -0.05) is 6.92 Å². The molecule has 0 aliphatic carbocycles. The Hall–Kier alpha value is -2.30. The molecule has 1 aliphatic heterocycles. The number of carbonyl (C=O) groups excluding carboxylic acids is 1. The molecule has 2 aromatic rings. The molecule has 0 spiro atoms. The lowest BCUT2D eigenvalue weighted by atomic mass is 9.94. The fourth-order valence-electron chi connectivity index (χ4n) is 3.16.